The summed E-state index contributed by atoms with van der Waals surface area (Å²) in [6, 6.07) is 9.40. The van der Waals surface area contributed by atoms with Crippen molar-refractivity contribution in [1.29, 1.82) is 0 Å². The largest absolute Gasteiger partial charge is 0.310 e. The van der Waals surface area contributed by atoms with Gasteiger partial charge in [0.25, 0.3) is 0 Å². The summed E-state index contributed by atoms with van der Waals surface area (Å²) in [6.45, 7) is 5.85. The summed E-state index contributed by atoms with van der Waals surface area (Å²) in [5.74, 6) is -0.171. The highest BCUT2D eigenvalue weighted by molar-refractivity contribution is 7.14. The van der Waals surface area contributed by atoms with Gasteiger partial charge in [-0.2, -0.15) is 5.10 Å². The van der Waals surface area contributed by atoms with Crippen LogP contribution in [-0.2, 0) is 11.2 Å². The Hall–Kier alpha value is -2.44. The smallest absolute Gasteiger partial charge is 0.226 e. The molecule has 144 valence electrons. The number of aromatic nitrogens is 2. The highest BCUT2D eigenvalue weighted by Gasteiger charge is 2.37. The number of hydrogen-bond acceptors (Lipinski definition) is 4. The molecular formula is C21H20ClN3O2S. The lowest BCUT2D eigenvalue weighted by Crippen LogP contribution is -2.28. The second-order valence-electron chi connectivity index (χ2n) is 6.93. The number of ketones is 1. The Morgan fingerprint density at radius 1 is 1.32 bits per heavy atom. The van der Waals surface area contributed by atoms with Crippen LogP contribution >= 0.6 is 22.9 Å². The molecule has 0 bridgehead atoms. The predicted molar refractivity (Wildman–Crippen MR) is 112 cm³/mol. The number of anilines is 1. The molecule has 1 aromatic carbocycles. The van der Waals surface area contributed by atoms with E-state index < -0.39 is 5.92 Å². The lowest BCUT2D eigenvalue weighted by molar-refractivity contribution is -0.116. The monoisotopic (exact) mass is 413 g/mol. The molecule has 7 heteroatoms. The minimum atomic E-state index is -0.527. The predicted octanol–water partition coefficient (Wildman–Crippen LogP) is 5.08. The molecule has 3 aromatic rings. The fourth-order valence-electron chi connectivity index (χ4n) is 3.64. The van der Waals surface area contributed by atoms with Crippen LogP contribution in [-0.4, -0.2) is 21.5 Å². The summed E-state index contributed by atoms with van der Waals surface area (Å²) >= 11 is 7.77. The van der Waals surface area contributed by atoms with Crippen molar-refractivity contribution < 1.29 is 9.59 Å². The highest BCUT2D eigenvalue weighted by atomic mass is 35.5. The van der Waals surface area contributed by atoms with E-state index in [1.54, 1.807) is 4.68 Å². The van der Waals surface area contributed by atoms with Crippen molar-refractivity contribution in [2.75, 3.05) is 5.32 Å². The Kier molecular flexibility index (Phi) is 4.85. The van der Waals surface area contributed by atoms with E-state index in [9.17, 15) is 9.59 Å². The van der Waals surface area contributed by atoms with Crippen LogP contribution < -0.4 is 5.32 Å². The van der Waals surface area contributed by atoms with Gasteiger partial charge in [-0.3, -0.25) is 9.59 Å². The van der Waals surface area contributed by atoms with Gasteiger partial charge in [-0.05, 0) is 50.1 Å². The molecule has 1 amide bonds. The maximum absolute atomic E-state index is 13.2. The van der Waals surface area contributed by atoms with Crippen molar-refractivity contribution >= 4 is 40.4 Å². The van der Waals surface area contributed by atoms with E-state index in [-0.39, 0.29) is 18.1 Å². The van der Waals surface area contributed by atoms with Crippen LogP contribution in [0.4, 0.5) is 5.82 Å². The number of nitrogens with zero attached hydrogens (tertiary/aromatic N) is 2. The van der Waals surface area contributed by atoms with Crippen molar-refractivity contribution in [1.82, 2.24) is 9.78 Å². The van der Waals surface area contributed by atoms with Gasteiger partial charge in [0.1, 0.15) is 5.82 Å². The van der Waals surface area contributed by atoms with E-state index in [1.165, 1.54) is 11.3 Å². The second-order valence-corrected chi connectivity index (χ2v) is 8.51. The molecule has 5 nitrogen and oxygen atoms in total. The van der Waals surface area contributed by atoms with Crippen molar-refractivity contribution in [3.8, 4) is 5.69 Å². The van der Waals surface area contributed by atoms with E-state index >= 15 is 0 Å². The van der Waals surface area contributed by atoms with Crippen LogP contribution in [0.2, 0.25) is 5.02 Å². The van der Waals surface area contributed by atoms with Gasteiger partial charge in [0, 0.05) is 21.9 Å². The second kappa shape index (κ2) is 7.18. The lowest BCUT2D eigenvalue weighted by Gasteiger charge is -2.23. The standard InChI is InChI=1S/C21H20ClN3O2S/c1-4-13-8-9-17(28-13)20(27)14-10-18(26)23-21-19(14)12(3)24-25(21)16-7-5-6-15(22)11(16)2/h5-9,14H,4,10H2,1-3H3,(H,23,26)/t14-/m0/s1. The third-order valence-corrected chi connectivity index (χ3v) is 6.79. The maximum Gasteiger partial charge on any atom is 0.226 e. The Morgan fingerprint density at radius 2 is 2.11 bits per heavy atom. The molecule has 0 radical (unpaired) electrons. The number of rotatable bonds is 4. The fourth-order valence-corrected chi connectivity index (χ4v) is 4.75. The molecule has 0 spiro atoms. The van der Waals surface area contributed by atoms with E-state index in [0.717, 1.165) is 33.8 Å². The van der Waals surface area contributed by atoms with Crippen LogP contribution in [0, 0.1) is 13.8 Å². The first kappa shape index (κ1) is 18.9. The zero-order chi connectivity index (χ0) is 20.0. The molecular weight excluding hydrogens is 394 g/mol. The Morgan fingerprint density at radius 3 is 2.82 bits per heavy atom. The number of amides is 1. The lowest BCUT2D eigenvalue weighted by atomic mass is 9.87. The number of hydrogen-bond donors (Lipinski definition) is 1. The van der Waals surface area contributed by atoms with Gasteiger partial charge in [-0.15, -0.1) is 11.3 Å². The molecule has 0 aliphatic carbocycles. The minimum Gasteiger partial charge on any atom is -0.310 e. The summed E-state index contributed by atoms with van der Waals surface area (Å²) in [7, 11) is 0. The highest BCUT2D eigenvalue weighted by Crippen LogP contribution is 2.40. The number of halogens is 1. The molecule has 0 fully saturated rings. The fraction of sp³-hybridized carbons (Fsp3) is 0.286. The van der Waals surface area contributed by atoms with Gasteiger partial charge in [0.2, 0.25) is 5.91 Å². The summed E-state index contributed by atoms with van der Waals surface area (Å²) < 4.78 is 1.69. The Balaban J connectivity index is 1.83. The van der Waals surface area contributed by atoms with Gasteiger partial charge in [-0.1, -0.05) is 24.6 Å². The molecule has 1 aliphatic heterocycles. The Labute approximate surface area is 172 Å². The number of carbonyl (C=O) groups excluding carboxylic acids is 2. The number of Topliss-reactive ketones (excluding diaryl/α,β-unsaturated/α-hetero) is 1. The topological polar surface area (TPSA) is 64.0 Å². The van der Waals surface area contributed by atoms with Gasteiger partial charge in [-0.25, -0.2) is 4.68 Å². The van der Waals surface area contributed by atoms with Crippen molar-refractivity contribution in [3.05, 3.63) is 61.9 Å². The minimum absolute atomic E-state index is 0.0220. The normalized spacial score (nSPS) is 16.0. The van der Waals surface area contributed by atoms with Gasteiger partial charge in [0.15, 0.2) is 5.78 Å². The van der Waals surface area contributed by atoms with E-state index in [4.69, 9.17) is 11.6 Å². The van der Waals surface area contributed by atoms with Crippen LogP contribution in [0.5, 0.6) is 0 Å². The number of aryl methyl sites for hydroxylation is 2. The first-order valence-corrected chi connectivity index (χ1v) is 10.4. The zero-order valence-electron chi connectivity index (χ0n) is 15.9. The number of thiophene rings is 1. The Bertz CT molecular complexity index is 1100. The average Bonchev–Trinajstić information content (AvgIpc) is 3.28. The first-order valence-electron chi connectivity index (χ1n) is 9.18. The molecule has 2 aromatic heterocycles. The molecule has 0 unspecified atom stereocenters. The molecule has 0 saturated heterocycles. The molecule has 3 heterocycles. The quantitative estimate of drug-likeness (QED) is 0.607. The molecule has 1 N–H and O–H groups in total. The number of nitrogens with one attached hydrogen (secondary N) is 1. The summed E-state index contributed by atoms with van der Waals surface area (Å²) in [5, 5.41) is 8.18. The third kappa shape index (κ3) is 3.06. The van der Waals surface area contributed by atoms with Crippen LogP contribution in [0.1, 0.15) is 50.6 Å². The molecule has 1 atom stereocenters. The SMILES string of the molecule is CCc1ccc(C(=O)[C@H]2CC(=O)Nc3c2c(C)nn3-c2cccc(Cl)c2C)s1. The summed E-state index contributed by atoms with van der Waals surface area (Å²) in [6.07, 6.45) is 1.02. The van der Waals surface area contributed by atoms with Crippen LogP contribution in [0.25, 0.3) is 5.69 Å². The van der Waals surface area contributed by atoms with Crippen molar-refractivity contribution in [2.24, 2.45) is 0 Å². The van der Waals surface area contributed by atoms with E-state index in [2.05, 4.69) is 17.3 Å². The maximum atomic E-state index is 13.2. The average molecular weight is 414 g/mol. The van der Waals surface area contributed by atoms with Gasteiger partial charge in [0.05, 0.1) is 22.2 Å². The zero-order valence-corrected chi connectivity index (χ0v) is 17.4. The van der Waals surface area contributed by atoms with Gasteiger partial charge >= 0.3 is 0 Å². The first-order chi connectivity index (χ1) is 13.4. The molecule has 0 saturated carbocycles. The third-order valence-electron chi connectivity index (χ3n) is 5.14. The van der Waals surface area contributed by atoms with E-state index in [1.807, 2.05) is 44.2 Å². The number of carbonyl (C=O) groups is 2. The van der Waals surface area contributed by atoms with Crippen molar-refractivity contribution in [2.45, 2.75) is 39.5 Å². The van der Waals surface area contributed by atoms with Crippen LogP contribution in [0.3, 0.4) is 0 Å². The van der Waals surface area contributed by atoms with E-state index in [0.29, 0.717) is 15.7 Å². The summed E-state index contributed by atoms with van der Waals surface area (Å²) in [4.78, 5) is 27.5. The van der Waals surface area contributed by atoms with Crippen molar-refractivity contribution in [3.63, 3.8) is 0 Å². The van der Waals surface area contributed by atoms with Crippen LogP contribution in [0.15, 0.2) is 30.3 Å². The molecule has 4 rings (SSSR count). The summed E-state index contributed by atoms with van der Waals surface area (Å²) in [5.41, 5.74) is 3.17. The van der Waals surface area contributed by atoms with Gasteiger partial charge < -0.3 is 5.32 Å². The number of fused-ring (bicyclic) bond motifs is 1. The molecule has 1 aliphatic rings. The molecule has 28 heavy (non-hydrogen) atoms. The number of benzene rings is 1.